The van der Waals surface area contributed by atoms with Gasteiger partial charge in [0.05, 0.1) is 5.38 Å². The first-order chi connectivity index (χ1) is 6.27. The van der Waals surface area contributed by atoms with Gasteiger partial charge in [-0.05, 0) is 48.8 Å². The maximum absolute atomic E-state index is 6.11. The van der Waals surface area contributed by atoms with Gasteiger partial charge >= 0.3 is 0 Å². The van der Waals surface area contributed by atoms with E-state index in [-0.39, 0.29) is 5.38 Å². The van der Waals surface area contributed by atoms with Crippen LogP contribution in [0.4, 0.5) is 0 Å². The molecule has 0 spiro atoms. The molecule has 70 valence electrons. The van der Waals surface area contributed by atoms with Crippen LogP contribution in [0.25, 0.3) is 5.57 Å². The lowest BCUT2D eigenvalue weighted by Crippen LogP contribution is -2.02. The van der Waals surface area contributed by atoms with E-state index in [1.165, 1.54) is 28.9 Å². The zero-order chi connectivity index (χ0) is 9.26. The van der Waals surface area contributed by atoms with Crippen molar-refractivity contribution < 1.29 is 0 Å². The molecule has 13 heavy (non-hydrogen) atoms. The Balaban J connectivity index is 2.30. The van der Waals surface area contributed by atoms with Crippen LogP contribution in [0.5, 0.6) is 0 Å². The van der Waals surface area contributed by atoms with E-state index in [1.54, 1.807) is 0 Å². The second kappa shape index (κ2) is 3.85. The Morgan fingerprint density at radius 1 is 1.54 bits per heavy atom. The summed E-state index contributed by atoms with van der Waals surface area (Å²) < 4.78 is 0. The van der Waals surface area contributed by atoms with Gasteiger partial charge in [0.2, 0.25) is 0 Å². The minimum Gasteiger partial charge on any atom is -0.144 e. The van der Waals surface area contributed by atoms with Crippen molar-refractivity contribution in [3.05, 3.63) is 28.0 Å². The summed E-state index contributed by atoms with van der Waals surface area (Å²) in [7, 11) is 0. The molecule has 1 atom stereocenters. The van der Waals surface area contributed by atoms with Gasteiger partial charge in [0.15, 0.2) is 0 Å². The first-order valence-corrected chi connectivity index (χ1v) is 5.98. The maximum atomic E-state index is 6.11. The molecule has 0 saturated carbocycles. The Labute approximate surface area is 88.2 Å². The van der Waals surface area contributed by atoms with Crippen LogP contribution in [0.3, 0.4) is 0 Å². The second-order valence-corrected chi connectivity index (χ2v) is 5.01. The van der Waals surface area contributed by atoms with Crippen molar-refractivity contribution in [2.75, 3.05) is 0 Å². The second-order valence-electron chi connectivity index (χ2n) is 3.53. The highest BCUT2D eigenvalue weighted by atomic mass is 35.5. The van der Waals surface area contributed by atoms with Crippen molar-refractivity contribution in [1.29, 1.82) is 0 Å². The van der Waals surface area contributed by atoms with Crippen LogP contribution in [-0.4, -0.2) is 5.38 Å². The van der Waals surface area contributed by atoms with Crippen LogP contribution in [0.15, 0.2) is 17.5 Å². The molecule has 0 saturated heterocycles. The first kappa shape index (κ1) is 9.29. The first-order valence-electron chi connectivity index (χ1n) is 4.66. The number of thiophene rings is 1. The predicted molar refractivity (Wildman–Crippen MR) is 60.5 cm³/mol. The normalized spacial score (nSPS) is 22.9. The van der Waals surface area contributed by atoms with Crippen molar-refractivity contribution in [3.63, 3.8) is 0 Å². The zero-order valence-electron chi connectivity index (χ0n) is 7.72. The largest absolute Gasteiger partial charge is 0.144 e. The summed E-state index contributed by atoms with van der Waals surface area (Å²) in [6.45, 7) is 2.17. The SMILES string of the molecule is Cc1ccsc1C1=CC(Cl)CCC1. The van der Waals surface area contributed by atoms with Crippen molar-refractivity contribution >= 4 is 28.5 Å². The standard InChI is InChI=1S/C11H13ClS/c1-8-5-6-13-11(8)9-3-2-4-10(12)7-9/h5-7,10H,2-4H2,1H3. The molecule has 1 aromatic rings. The van der Waals surface area contributed by atoms with Crippen LogP contribution >= 0.6 is 22.9 Å². The fourth-order valence-electron chi connectivity index (χ4n) is 1.76. The number of rotatable bonds is 1. The molecule has 0 bridgehead atoms. The zero-order valence-corrected chi connectivity index (χ0v) is 9.29. The Morgan fingerprint density at radius 3 is 3.00 bits per heavy atom. The van der Waals surface area contributed by atoms with Crippen LogP contribution in [0.2, 0.25) is 0 Å². The number of hydrogen-bond donors (Lipinski definition) is 0. The highest BCUT2D eigenvalue weighted by Gasteiger charge is 2.14. The van der Waals surface area contributed by atoms with E-state index in [0.717, 1.165) is 6.42 Å². The third kappa shape index (κ3) is 1.97. The van der Waals surface area contributed by atoms with Gasteiger partial charge in [-0.15, -0.1) is 22.9 Å². The third-order valence-corrected chi connectivity index (χ3v) is 3.90. The molecule has 1 aliphatic rings. The molecule has 0 radical (unpaired) electrons. The number of hydrogen-bond acceptors (Lipinski definition) is 1. The summed E-state index contributed by atoms with van der Waals surface area (Å²) in [5, 5.41) is 2.41. The smallest absolute Gasteiger partial charge is 0.0522 e. The summed E-state index contributed by atoms with van der Waals surface area (Å²) in [6, 6.07) is 2.18. The average Bonchev–Trinajstić information content (AvgIpc) is 2.51. The Hall–Kier alpha value is -0.270. The van der Waals surface area contributed by atoms with Gasteiger partial charge < -0.3 is 0 Å². The lowest BCUT2D eigenvalue weighted by molar-refractivity contribution is 0.748. The summed E-state index contributed by atoms with van der Waals surface area (Å²) in [6.07, 6.45) is 5.79. The van der Waals surface area contributed by atoms with E-state index in [0.29, 0.717) is 0 Å². The van der Waals surface area contributed by atoms with Gasteiger partial charge in [-0.1, -0.05) is 6.08 Å². The summed E-state index contributed by atoms with van der Waals surface area (Å²) in [5.41, 5.74) is 2.85. The molecule has 0 fully saturated rings. The number of allylic oxidation sites excluding steroid dienone is 2. The molecule has 1 unspecified atom stereocenters. The molecule has 1 aromatic heterocycles. The van der Waals surface area contributed by atoms with E-state index in [9.17, 15) is 0 Å². The number of aryl methyl sites for hydroxylation is 1. The van der Waals surface area contributed by atoms with Gasteiger partial charge in [-0.2, -0.15) is 0 Å². The van der Waals surface area contributed by atoms with E-state index in [1.807, 2.05) is 11.3 Å². The molecular weight excluding hydrogens is 200 g/mol. The molecule has 2 rings (SSSR count). The van der Waals surface area contributed by atoms with Gasteiger partial charge in [-0.3, -0.25) is 0 Å². The van der Waals surface area contributed by atoms with Gasteiger partial charge in [0, 0.05) is 4.88 Å². The van der Waals surface area contributed by atoms with Crippen LogP contribution in [-0.2, 0) is 0 Å². The highest BCUT2D eigenvalue weighted by Crippen LogP contribution is 2.33. The minimum absolute atomic E-state index is 0.255. The molecule has 0 aromatic carbocycles. The van der Waals surface area contributed by atoms with Gasteiger partial charge in [-0.25, -0.2) is 0 Å². The van der Waals surface area contributed by atoms with Crippen molar-refractivity contribution in [1.82, 2.24) is 0 Å². The predicted octanol–water partition coefficient (Wildman–Crippen LogP) is 4.23. The molecule has 0 N–H and O–H groups in total. The molecule has 1 aliphatic carbocycles. The lowest BCUT2D eigenvalue weighted by atomic mass is 9.97. The fraction of sp³-hybridized carbons (Fsp3) is 0.455. The molecule has 0 aliphatic heterocycles. The lowest BCUT2D eigenvalue weighted by Gasteiger charge is -2.15. The van der Waals surface area contributed by atoms with Gasteiger partial charge in [0.1, 0.15) is 0 Å². The molecule has 2 heteroatoms. The average molecular weight is 213 g/mol. The Bertz CT molecular complexity index is 325. The summed E-state index contributed by atoms with van der Waals surface area (Å²) in [4.78, 5) is 1.44. The third-order valence-electron chi connectivity index (χ3n) is 2.46. The molecule has 0 nitrogen and oxygen atoms in total. The van der Waals surface area contributed by atoms with E-state index >= 15 is 0 Å². The molecule has 1 heterocycles. The summed E-state index contributed by atoms with van der Waals surface area (Å²) in [5.74, 6) is 0. The maximum Gasteiger partial charge on any atom is 0.0522 e. The Kier molecular flexibility index (Phi) is 2.75. The van der Waals surface area contributed by atoms with Gasteiger partial charge in [0.25, 0.3) is 0 Å². The van der Waals surface area contributed by atoms with Crippen molar-refractivity contribution in [2.45, 2.75) is 31.6 Å². The number of halogens is 1. The quantitative estimate of drug-likeness (QED) is 0.612. The fourth-order valence-corrected chi connectivity index (χ4v) is 3.05. The minimum atomic E-state index is 0.255. The Morgan fingerprint density at radius 2 is 2.38 bits per heavy atom. The van der Waals surface area contributed by atoms with E-state index < -0.39 is 0 Å². The van der Waals surface area contributed by atoms with E-state index in [4.69, 9.17) is 11.6 Å². The number of alkyl halides is 1. The van der Waals surface area contributed by atoms with Crippen LogP contribution in [0.1, 0.15) is 29.7 Å². The van der Waals surface area contributed by atoms with E-state index in [2.05, 4.69) is 24.4 Å². The highest BCUT2D eigenvalue weighted by molar-refractivity contribution is 7.11. The van der Waals surface area contributed by atoms with Crippen molar-refractivity contribution in [2.24, 2.45) is 0 Å². The van der Waals surface area contributed by atoms with Crippen molar-refractivity contribution in [3.8, 4) is 0 Å². The molecular formula is C11H13ClS. The van der Waals surface area contributed by atoms with Crippen LogP contribution in [0, 0.1) is 6.92 Å². The topological polar surface area (TPSA) is 0 Å². The van der Waals surface area contributed by atoms with Crippen LogP contribution < -0.4 is 0 Å². The molecule has 0 amide bonds. The monoisotopic (exact) mass is 212 g/mol. The summed E-state index contributed by atoms with van der Waals surface area (Å²) >= 11 is 7.94.